The van der Waals surface area contributed by atoms with E-state index in [9.17, 15) is 9.90 Å². The smallest absolute Gasteiger partial charge is 0.419 e. The molecule has 1 aliphatic carbocycles. The Hall–Kier alpha value is -3.45. The van der Waals surface area contributed by atoms with Crippen LogP contribution in [0.2, 0.25) is 0 Å². The zero-order valence-electron chi connectivity index (χ0n) is 19.7. The topological polar surface area (TPSA) is 86.5 Å². The number of aromatic nitrogens is 3. The van der Waals surface area contributed by atoms with E-state index in [0.717, 1.165) is 58.6 Å². The van der Waals surface area contributed by atoms with E-state index >= 15 is 0 Å². The molecule has 1 aliphatic rings. The second kappa shape index (κ2) is 8.72. The minimum Gasteiger partial charge on any atom is -0.474 e. The molecule has 0 spiro atoms. The van der Waals surface area contributed by atoms with Crippen LogP contribution < -0.4 is 4.74 Å². The average molecular weight is 460 g/mol. The number of hydrogen-bond donors (Lipinski definition) is 1. The molecule has 0 saturated heterocycles. The number of rotatable bonds is 3. The molecular weight excluding hydrogens is 430 g/mol. The van der Waals surface area contributed by atoms with Crippen LogP contribution in [0.15, 0.2) is 55.0 Å². The zero-order chi connectivity index (χ0) is 23.9. The number of benzene rings is 1. The Labute approximate surface area is 198 Å². The fraction of sp³-hybridized carbons (Fsp3) is 0.370. The molecule has 1 fully saturated rings. The SMILES string of the molecule is CC(C)(C)OC(=O)n1c2ccncc2c2ccc(-c3ccc(OC4CCC(O)CC4)nc3)cc21. The number of ether oxygens (including phenoxy) is 2. The first-order valence-corrected chi connectivity index (χ1v) is 11.7. The van der Waals surface area contributed by atoms with Gasteiger partial charge < -0.3 is 14.6 Å². The summed E-state index contributed by atoms with van der Waals surface area (Å²) in [6, 6.07) is 11.7. The first-order chi connectivity index (χ1) is 16.3. The van der Waals surface area contributed by atoms with Crippen molar-refractivity contribution in [3.05, 3.63) is 55.0 Å². The minimum absolute atomic E-state index is 0.0937. The second-order valence-corrected chi connectivity index (χ2v) is 9.87. The molecule has 3 heterocycles. The summed E-state index contributed by atoms with van der Waals surface area (Å²) in [5, 5.41) is 11.5. The maximum atomic E-state index is 13.1. The molecule has 0 amide bonds. The van der Waals surface area contributed by atoms with Crippen LogP contribution in [-0.4, -0.2) is 43.5 Å². The van der Waals surface area contributed by atoms with Crippen molar-refractivity contribution in [2.45, 2.75) is 64.3 Å². The van der Waals surface area contributed by atoms with Crippen LogP contribution in [0.5, 0.6) is 5.88 Å². The molecule has 0 radical (unpaired) electrons. The third-order valence-corrected chi connectivity index (χ3v) is 6.14. The van der Waals surface area contributed by atoms with Crippen molar-refractivity contribution >= 4 is 27.9 Å². The van der Waals surface area contributed by atoms with Crippen molar-refractivity contribution in [3.63, 3.8) is 0 Å². The van der Waals surface area contributed by atoms with Gasteiger partial charge in [0.1, 0.15) is 11.7 Å². The van der Waals surface area contributed by atoms with Crippen LogP contribution in [0.25, 0.3) is 32.9 Å². The fourth-order valence-corrected chi connectivity index (χ4v) is 4.50. The number of carbonyl (C=O) groups excluding carboxylic acids is 1. The summed E-state index contributed by atoms with van der Waals surface area (Å²) in [4.78, 5) is 21.9. The minimum atomic E-state index is -0.610. The molecule has 1 saturated carbocycles. The highest BCUT2D eigenvalue weighted by molar-refractivity contribution is 6.13. The van der Waals surface area contributed by atoms with Gasteiger partial charge in [0.15, 0.2) is 0 Å². The Morgan fingerprint density at radius 3 is 2.44 bits per heavy atom. The standard InChI is InChI=1S/C27H29N3O4/c1-27(2,3)34-26(32)30-23-12-13-28-16-22(23)21-10-4-17(14-24(21)30)18-5-11-25(29-15-18)33-20-8-6-19(31)7-9-20/h4-5,10-16,19-20,31H,6-9H2,1-3H3. The Bertz CT molecular complexity index is 1330. The molecule has 3 aromatic heterocycles. The summed E-state index contributed by atoms with van der Waals surface area (Å²) in [6.45, 7) is 5.57. The van der Waals surface area contributed by atoms with Crippen LogP contribution in [-0.2, 0) is 4.74 Å². The molecule has 7 heteroatoms. The quantitative estimate of drug-likeness (QED) is 0.422. The van der Waals surface area contributed by atoms with Crippen molar-refractivity contribution in [3.8, 4) is 17.0 Å². The molecular formula is C27H29N3O4. The second-order valence-electron chi connectivity index (χ2n) is 9.87. The fourth-order valence-electron chi connectivity index (χ4n) is 4.50. The maximum Gasteiger partial charge on any atom is 0.419 e. The molecule has 1 aromatic carbocycles. The van der Waals surface area contributed by atoms with E-state index in [1.165, 1.54) is 0 Å². The van der Waals surface area contributed by atoms with Crippen molar-refractivity contribution in [1.29, 1.82) is 0 Å². The lowest BCUT2D eigenvalue weighted by molar-refractivity contribution is 0.0551. The average Bonchev–Trinajstić information content (AvgIpc) is 3.14. The summed E-state index contributed by atoms with van der Waals surface area (Å²) in [5.41, 5.74) is 2.77. The van der Waals surface area contributed by atoms with Gasteiger partial charge in [-0.1, -0.05) is 12.1 Å². The number of fused-ring (bicyclic) bond motifs is 3. The molecule has 0 atom stereocenters. The van der Waals surface area contributed by atoms with Crippen LogP contribution in [0.1, 0.15) is 46.5 Å². The van der Waals surface area contributed by atoms with Gasteiger partial charge in [0.05, 0.1) is 17.1 Å². The van der Waals surface area contributed by atoms with Gasteiger partial charge in [-0.05, 0) is 70.2 Å². The Balaban J connectivity index is 1.48. The van der Waals surface area contributed by atoms with Gasteiger partial charge in [0, 0.05) is 41.0 Å². The zero-order valence-corrected chi connectivity index (χ0v) is 19.7. The van der Waals surface area contributed by atoms with E-state index in [-0.39, 0.29) is 12.2 Å². The Morgan fingerprint density at radius 2 is 1.74 bits per heavy atom. The lowest BCUT2D eigenvalue weighted by atomic mass is 9.95. The van der Waals surface area contributed by atoms with Gasteiger partial charge in [-0.15, -0.1) is 0 Å². The van der Waals surface area contributed by atoms with Gasteiger partial charge in [-0.2, -0.15) is 0 Å². The van der Waals surface area contributed by atoms with Crippen LogP contribution in [0.3, 0.4) is 0 Å². The Kier molecular flexibility index (Phi) is 5.73. The maximum absolute atomic E-state index is 13.1. The van der Waals surface area contributed by atoms with E-state index < -0.39 is 11.7 Å². The molecule has 0 aliphatic heterocycles. The van der Waals surface area contributed by atoms with Crippen molar-refractivity contribution in [1.82, 2.24) is 14.5 Å². The summed E-state index contributed by atoms with van der Waals surface area (Å²) >= 11 is 0. The third kappa shape index (κ3) is 4.48. The lowest BCUT2D eigenvalue weighted by Crippen LogP contribution is -2.27. The predicted molar refractivity (Wildman–Crippen MR) is 131 cm³/mol. The van der Waals surface area contributed by atoms with Crippen LogP contribution in [0, 0.1) is 0 Å². The van der Waals surface area contributed by atoms with Gasteiger partial charge in [-0.3, -0.25) is 4.98 Å². The van der Waals surface area contributed by atoms with Crippen molar-refractivity contribution in [2.75, 3.05) is 0 Å². The molecule has 0 bridgehead atoms. The summed E-state index contributed by atoms with van der Waals surface area (Å²) in [7, 11) is 0. The first-order valence-electron chi connectivity index (χ1n) is 11.7. The molecule has 1 N–H and O–H groups in total. The van der Waals surface area contributed by atoms with Crippen LogP contribution in [0.4, 0.5) is 4.79 Å². The van der Waals surface area contributed by atoms with E-state index in [4.69, 9.17) is 9.47 Å². The van der Waals surface area contributed by atoms with Gasteiger partial charge in [-0.25, -0.2) is 14.3 Å². The number of hydrogen-bond acceptors (Lipinski definition) is 6. The first kappa shape index (κ1) is 22.3. The van der Waals surface area contributed by atoms with Gasteiger partial charge >= 0.3 is 6.09 Å². The number of pyridine rings is 2. The van der Waals surface area contributed by atoms with Gasteiger partial charge in [0.25, 0.3) is 0 Å². The number of aliphatic hydroxyl groups is 1. The molecule has 5 rings (SSSR count). The highest BCUT2D eigenvalue weighted by atomic mass is 16.6. The molecule has 176 valence electrons. The molecule has 34 heavy (non-hydrogen) atoms. The van der Waals surface area contributed by atoms with Crippen molar-refractivity contribution < 1.29 is 19.4 Å². The monoisotopic (exact) mass is 459 g/mol. The summed E-state index contributed by atoms with van der Waals surface area (Å²) in [6.07, 6.45) is 7.92. The Morgan fingerprint density at radius 1 is 0.971 bits per heavy atom. The molecule has 4 aromatic rings. The largest absolute Gasteiger partial charge is 0.474 e. The van der Waals surface area contributed by atoms with Gasteiger partial charge in [0.2, 0.25) is 5.88 Å². The van der Waals surface area contributed by atoms with E-state index in [1.807, 2.05) is 57.2 Å². The number of nitrogens with zero attached hydrogens (tertiary/aromatic N) is 3. The number of aliphatic hydroxyl groups excluding tert-OH is 1. The molecule has 0 unspecified atom stereocenters. The normalized spacial score (nSPS) is 18.8. The van der Waals surface area contributed by atoms with Crippen molar-refractivity contribution in [2.24, 2.45) is 0 Å². The van der Waals surface area contributed by atoms with E-state index in [2.05, 4.69) is 9.97 Å². The van der Waals surface area contributed by atoms with E-state index in [1.54, 1.807) is 23.2 Å². The van der Waals surface area contributed by atoms with Crippen LogP contribution >= 0.6 is 0 Å². The summed E-state index contributed by atoms with van der Waals surface area (Å²) in [5.74, 6) is 0.583. The predicted octanol–water partition coefficient (Wildman–Crippen LogP) is 5.72. The highest BCUT2D eigenvalue weighted by Gasteiger charge is 2.23. The summed E-state index contributed by atoms with van der Waals surface area (Å²) < 4.78 is 13.3. The third-order valence-electron chi connectivity index (χ3n) is 6.14. The highest BCUT2D eigenvalue weighted by Crippen LogP contribution is 2.33. The number of carbonyl (C=O) groups is 1. The lowest BCUT2D eigenvalue weighted by Gasteiger charge is -2.25. The van der Waals surface area contributed by atoms with E-state index in [0.29, 0.717) is 5.88 Å². The molecule has 7 nitrogen and oxygen atoms in total.